The number of para-hydroxylation sites is 2. The Hall–Kier alpha value is -6.26. The van der Waals surface area contributed by atoms with Gasteiger partial charge in [-0.3, -0.25) is 0 Å². The van der Waals surface area contributed by atoms with Gasteiger partial charge >= 0.3 is 0 Å². The Bertz CT molecular complexity index is 2700. The van der Waals surface area contributed by atoms with Crippen LogP contribution in [0.2, 0.25) is 0 Å². The number of benzene rings is 8. The van der Waals surface area contributed by atoms with Crippen LogP contribution in [-0.4, -0.2) is 6.71 Å². The summed E-state index contributed by atoms with van der Waals surface area (Å²) in [7, 11) is 0. The van der Waals surface area contributed by atoms with Crippen LogP contribution in [0.25, 0.3) is 32.7 Å². The summed E-state index contributed by atoms with van der Waals surface area (Å²) in [6, 6.07) is 56.8. The van der Waals surface area contributed by atoms with Gasteiger partial charge < -0.3 is 14.4 Å². The van der Waals surface area contributed by atoms with E-state index in [0.29, 0.717) is 0 Å². The molecule has 1 aliphatic carbocycles. The molecule has 0 radical (unpaired) electrons. The van der Waals surface area contributed by atoms with Gasteiger partial charge in [0.05, 0.1) is 5.69 Å². The minimum absolute atomic E-state index is 0.00271. The van der Waals surface area contributed by atoms with Gasteiger partial charge in [0.2, 0.25) is 0 Å². The molecule has 0 saturated carbocycles. The van der Waals surface area contributed by atoms with Crippen LogP contribution >= 0.6 is 0 Å². The summed E-state index contributed by atoms with van der Waals surface area (Å²) in [6.45, 7) is 4.76. The monoisotopic (exact) mass is 653 g/mol. The second-order valence-corrected chi connectivity index (χ2v) is 14.5. The summed E-state index contributed by atoms with van der Waals surface area (Å²) in [5.74, 6) is 3.56. The smallest absolute Gasteiger partial charge is 0.260 e. The van der Waals surface area contributed by atoms with Crippen molar-refractivity contribution in [2.75, 3.05) is 4.90 Å². The number of rotatable bonds is 3. The van der Waals surface area contributed by atoms with Crippen molar-refractivity contribution in [1.29, 1.82) is 0 Å². The molecule has 240 valence electrons. The Morgan fingerprint density at radius 2 is 1.06 bits per heavy atom. The standard InChI is InChI=1S/C47H32BNO2/c1-47(2)36-27-39-44(51-42-23-13-22-41-46(42)48(39)38-24-29-14-9-10-15-30(29)25-43(38)50-41)26-35(36)45-34-21-12-11-20-33(34)40(28-37(45)47)49(31-16-5-3-6-17-31)32-18-7-4-8-19-32/h3-28H,1-2H3. The SMILES string of the molecule is CC1(C)c2cc3c(cc2-c2c1cc(N(c1ccccc1)c1ccccc1)c1ccccc21)Oc1cccc2c1B3c1cc3ccccc3cc1O2. The van der Waals surface area contributed by atoms with Crippen molar-refractivity contribution < 1.29 is 9.47 Å². The van der Waals surface area contributed by atoms with Crippen LogP contribution in [0.3, 0.4) is 0 Å². The van der Waals surface area contributed by atoms with Crippen molar-refractivity contribution >= 4 is 61.7 Å². The van der Waals surface area contributed by atoms with E-state index >= 15 is 0 Å². The molecule has 0 aromatic heterocycles. The lowest BCUT2D eigenvalue weighted by molar-refractivity contribution is 0.465. The zero-order valence-corrected chi connectivity index (χ0v) is 28.4. The maximum absolute atomic E-state index is 6.84. The third-order valence-corrected chi connectivity index (χ3v) is 11.3. The largest absolute Gasteiger partial charge is 0.458 e. The van der Waals surface area contributed by atoms with E-state index in [2.05, 4.69) is 170 Å². The summed E-state index contributed by atoms with van der Waals surface area (Å²) in [5.41, 5.74) is 11.8. The van der Waals surface area contributed by atoms with E-state index < -0.39 is 0 Å². The molecule has 0 N–H and O–H groups in total. The van der Waals surface area contributed by atoms with Crippen molar-refractivity contribution in [2.24, 2.45) is 0 Å². The molecular formula is C47H32BNO2. The van der Waals surface area contributed by atoms with E-state index in [9.17, 15) is 0 Å². The second kappa shape index (κ2) is 10.4. The highest BCUT2D eigenvalue weighted by Gasteiger charge is 2.44. The predicted molar refractivity (Wildman–Crippen MR) is 211 cm³/mol. The van der Waals surface area contributed by atoms with Gasteiger partial charge in [-0.2, -0.15) is 0 Å². The maximum atomic E-state index is 6.84. The minimum Gasteiger partial charge on any atom is -0.458 e. The lowest BCUT2D eigenvalue weighted by atomic mass is 9.34. The third kappa shape index (κ3) is 4.02. The molecule has 0 saturated heterocycles. The summed E-state index contributed by atoms with van der Waals surface area (Å²) >= 11 is 0. The fourth-order valence-electron chi connectivity index (χ4n) is 8.94. The van der Waals surface area contributed by atoms with Crippen LogP contribution < -0.4 is 30.8 Å². The van der Waals surface area contributed by atoms with Crippen molar-refractivity contribution in [3.63, 3.8) is 0 Å². The second-order valence-electron chi connectivity index (χ2n) is 14.5. The van der Waals surface area contributed by atoms with E-state index in [4.69, 9.17) is 9.47 Å². The molecule has 0 atom stereocenters. The highest BCUT2D eigenvalue weighted by molar-refractivity contribution is 6.98. The van der Waals surface area contributed by atoms with Gasteiger partial charge in [0.15, 0.2) is 0 Å². The number of anilines is 3. The van der Waals surface area contributed by atoms with E-state index in [1.807, 2.05) is 6.07 Å². The van der Waals surface area contributed by atoms with Crippen LogP contribution in [0.15, 0.2) is 158 Å². The Labute approximate surface area is 297 Å². The average molecular weight is 654 g/mol. The van der Waals surface area contributed by atoms with E-state index in [1.54, 1.807) is 0 Å². The van der Waals surface area contributed by atoms with Crippen molar-refractivity contribution in [2.45, 2.75) is 19.3 Å². The highest BCUT2D eigenvalue weighted by atomic mass is 16.5. The molecule has 0 amide bonds. The maximum Gasteiger partial charge on any atom is 0.260 e. The van der Waals surface area contributed by atoms with Crippen LogP contribution in [0.5, 0.6) is 23.0 Å². The molecule has 0 fully saturated rings. The number of hydrogen-bond acceptors (Lipinski definition) is 3. The molecule has 11 rings (SSSR count). The summed E-state index contributed by atoms with van der Waals surface area (Å²) in [6.07, 6.45) is 0. The molecule has 3 nitrogen and oxygen atoms in total. The van der Waals surface area contributed by atoms with Crippen molar-refractivity contribution in [1.82, 2.24) is 0 Å². The number of fused-ring (bicyclic) bond motifs is 10. The molecule has 3 aliphatic rings. The van der Waals surface area contributed by atoms with E-state index in [1.165, 1.54) is 60.4 Å². The molecule has 8 aromatic rings. The van der Waals surface area contributed by atoms with Gasteiger partial charge in [-0.25, -0.2) is 0 Å². The van der Waals surface area contributed by atoms with Crippen LogP contribution in [0.1, 0.15) is 25.0 Å². The van der Waals surface area contributed by atoms with Gasteiger partial charge in [0, 0.05) is 27.6 Å². The Morgan fingerprint density at radius 1 is 0.490 bits per heavy atom. The molecule has 0 bridgehead atoms. The Morgan fingerprint density at radius 3 is 1.75 bits per heavy atom. The molecule has 2 heterocycles. The fraction of sp³-hybridized carbons (Fsp3) is 0.0638. The van der Waals surface area contributed by atoms with Gasteiger partial charge in [0.1, 0.15) is 23.0 Å². The quantitative estimate of drug-likeness (QED) is 0.177. The molecule has 2 aliphatic heterocycles. The number of hydrogen-bond donors (Lipinski definition) is 0. The topological polar surface area (TPSA) is 21.7 Å². The molecule has 51 heavy (non-hydrogen) atoms. The van der Waals surface area contributed by atoms with Crippen molar-refractivity contribution in [3.05, 3.63) is 169 Å². The normalized spacial score (nSPS) is 14.1. The van der Waals surface area contributed by atoms with Crippen LogP contribution in [-0.2, 0) is 5.41 Å². The van der Waals surface area contributed by atoms with Gasteiger partial charge in [-0.05, 0) is 104 Å². The Balaban J connectivity index is 1.16. The first-order valence-corrected chi connectivity index (χ1v) is 17.7. The summed E-state index contributed by atoms with van der Waals surface area (Å²) < 4.78 is 13.4. The lowest BCUT2D eigenvalue weighted by Gasteiger charge is -2.34. The van der Waals surface area contributed by atoms with Gasteiger partial charge in [-0.1, -0.05) is 117 Å². The van der Waals surface area contributed by atoms with E-state index in [0.717, 1.165) is 39.8 Å². The molecule has 8 aromatic carbocycles. The minimum atomic E-state index is -0.269. The van der Waals surface area contributed by atoms with E-state index in [-0.39, 0.29) is 12.1 Å². The summed E-state index contributed by atoms with van der Waals surface area (Å²) in [4.78, 5) is 2.40. The fourth-order valence-corrected chi connectivity index (χ4v) is 8.94. The Kier molecular flexibility index (Phi) is 5.82. The first-order chi connectivity index (χ1) is 25.0. The van der Waals surface area contributed by atoms with Gasteiger partial charge in [0.25, 0.3) is 6.71 Å². The number of ether oxygens (including phenoxy) is 2. The lowest BCUT2D eigenvalue weighted by Crippen LogP contribution is -2.57. The average Bonchev–Trinajstić information content (AvgIpc) is 3.39. The molecule has 4 heteroatoms. The third-order valence-electron chi connectivity index (χ3n) is 11.3. The zero-order valence-electron chi connectivity index (χ0n) is 28.4. The highest BCUT2D eigenvalue weighted by Crippen LogP contribution is 2.55. The van der Waals surface area contributed by atoms with Crippen LogP contribution in [0.4, 0.5) is 17.1 Å². The van der Waals surface area contributed by atoms with Gasteiger partial charge in [-0.15, -0.1) is 0 Å². The zero-order chi connectivity index (χ0) is 33.8. The van der Waals surface area contributed by atoms with Crippen molar-refractivity contribution in [3.8, 4) is 34.1 Å². The predicted octanol–water partition coefficient (Wildman–Crippen LogP) is 10.5. The molecule has 0 spiro atoms. The molecular weight excluding hydrogens is 621 g/mol. The van der Waals surface area contributed by atoms with Crippen LogP contribution in [0, 0.1) is 0 Å². The summed E-state index contributed by atoms with van der Waals surface area (Å²) in [5, 5.41) is 4.85. The first-order valence-electron chi connectivity index (χ1n) is 17.7. The molecule has 0 unspecified atom stereocenters. The number of nitrogens with zero attached hydrogens (tertiary/aromatic N) is 1. The first kappa shape index (κ1) is 28.6.